The lowest BCUT2D eigenvalue weighted by Gasteiger charge is -2.32. The molecule has 2 heterocycles. The Bertz CT molecular complexity index is 337. The van der Waals surface area contributed by atoms with Crippen molar-refractivity contribution in [3.63, 3.8) is 0 Å². The SMILES string of the molecule is CCC(C)n1cccc1CN1CCN(C)CC1. The topological polar surface area (TPSA) is 11.4 Å². The quantitative estimate of drug-likeness (QED) is 0.792. The van der Waals surface area contributed by atoms with Gasteiger partial charge in [-0.05, 0) is 32.5 Å². The molecule has 1 saturated heterocycles. The lowest BCUT2D eigenvalue weighted by molar-refractivity contribution is 0.145. The molecule has 3 heteroatoms. The maximum absolute atomic E-state index is 2.56. The van der Waals surface area contributed by atoms with E-state index >= 15 is 0 Å². The van der Waals surface area contributed by atoms with Crippen molar-refractivity contribution in [1.29, 1.82) is 0 Å². The van der Waals surface area contributed by atoms with Crippen LogP contribution >= 0.6 is 0 Å². The number of rotatable bonds is 4. The first kappa shape index (κ1) is 12.7. The predicted molar refractivity (Wildman–Crippen MR) is 72.2 cm³/mol. The van der Waals surface area contributed by atoms with Crippen LogP contribution in [0.3, 0.4) is 0 Å². The van der Waals surface area contributed by atoms with E-state index < -0.39 is 0 Å². The molecular formula is C14H25N3. The van der Waals surface area contributed by atoms with Gasteiger partial charge >= 0.3 is 0 Å². The number of hydrogen-bond acceptors (Lipinski definition) is 2. The zero-order valence-electron chi connectivity index (χ0n) is 11.4. The fraction of sp³-hybridized carbons (Fsp3) is 0.714. The van der Waals surface area contributed by atoms with Crippen molar-refractivity contribution >= 4 is 0 Å². The van der Waals surface area contributed by atoms with Crippen LogP contribution in [0.4, 0.5) is 0 Å². The summed E-state index contributed by atoms with van der Waals surface area (Å²) < 4.78 is 2.43. The monoisotopic (exact) mass is 235 g/mol. The van der Waals surface area contributed by atoms with E-state index in [0.717, 1.165) is 6.54 Å². The molecule has 1 aliphatic rings. The summed E-state index contributed by atoms with van der Waals surface area (Å²) >= 11 is 0. The Balaban J connectivity index is 1.96. The lowest BCUT2D eigenvalue weighted by Crippen LogP contribution is -2.44. The number of aromatic nitrogens is 1. The minimum atomic E-state index is 0.618. The van der Waals surface area contributed by atoms with Crippen LogP contribution in [0.5, 0.6) is 0 Å². The minimum absolute atomic E-state index is 0.618. The molecule has 0 radical (unpaired) electrons. The summed E-state index contributed by atoms with van der Waals surface area (Å²) in [6, 6.07) is 5.06. The van der Waals surface area contributed by atoms with Gasteiger partial charge in [0.25, 0.3) is 0 Å². The lowest BCUT2D eigenvalue weighted by atomic mass is 10.2. The van der Waals surface area contributed by atoms with E-state index in [1.807, 2.05) is 0 Å². The molecular weight excluding hydrogens is 210 g/mol. The maximum Gasteiger partial charge on any atom is 0.0388 e. The maximum atomic E-state index is 2.56. The van der Waals surface area contributed by atoms with E-state index in [1.54, 1.807) is 0 Å². The van der Waals surface area contributed by atoms with Crippen molar-refractivity contribution in [1.82, 2.24) is 14.4 Å². The number of piperazine rings is 1. The zero-order valence-corrected chi connectivity index (χ0v) is 11.4. The first-order valence-corrected chi connectivity index (χ1v) is 6.77. The average Bonchev–Trinajstić information content (AvgIpc) is 2.79. The van der Waals surface area contributed by atoms with Crippen molar-refractivity contribution in [2.24, 2.45) is 0 Å². The van der Waals surface area contributed by atoms with Gasteiger partial charge < -0.3 is 9.47 Å². The third-order valence-electron chi connectivity index (χ3n) is 3.91. The van der Waals surface area contributed by atoms with E-state index in [-0.39, 0.29) is 0 Å². The Hall–Kier alpha value is -0.800. The molecule has 2 rings (SSSR count). The number of nitrogens with zero attached hydrogens (tertiary/aromatic N) is 3. The smallest absolute Gasteiger partial charge is 0.0388 e. The summed E-state index contributed by atoms with van der Waals surface area (Å²) in [5, 5.41) is 0. The van der Waals surface area contributed by atoms with Crippen LogP contribution in [0.2, 0.25) is 0 Å². The van der Waals surface area contributed by atoms with E-state index in [4.69, 9.17) is 0 Å². The highest BCUT2D eigenvalue weighted by Gasteiger charge is 2.16. The van der Waals surface area contributed by atoms with E-state index in [1.165, 1.54) is 38.3 Å². The van der Waals surface area contributed by atoms with Gasteiger partial charge in [0.05, 0.1) is 0 Å². The largest absolute Gasteiger partial charge is 0.347 e. The molecule has 1 aliphatic heterocycles. The van der Waals surface area contributed by atoms with Crippen LogP contribution in [0, 0.1) is 0 Å². The van der Waals surface area contributed by atoms with Crippen molar-refractivity contribution in [3.05, 3.63) is 24.0 Å². The molecule has 0 spiro atoms. The normalized spacial score (nSPS) is 20.6. The highest BCUT2D eigenvalue weighted by Crippen LogP contribution is 2.16. The number of likely N-dealkylation sites (N-methyl/N-ethyl adjacent to an activating group) is 1. The molecule has 0 N–H and O–H groups in total. The first-order chi connectivity index (χ1) is 8.20. The molecule has 0 bridgehead atoms. The van der Waals surface area contributed by atoms with Crippen molar-refractivity contribution in [3.8, 4) is 0 Å². The summed E-state index contributed by atoms with van der Waals surface area (Å²) in [6.45, 7) is 10.4. The molecule has 0 aliphatic carbocycles. The van der Waals surface area contributed by atoms with Gasteiger partial charge in [-0.1, -0.05) is 6.92 Å². The van der Waals surface area contributed by atoms with Crippen LogP contribution in [-0.2, 0) is 6.54 Å². The summed E-state index contributed by atoms with van der Waals surface area (Å²) in [4.78, 5) is 4.97. The summed E-state index contributed by atoms with van der Waals surface area (Å²) in [6.07, 6.45) is 3.42. The predicted octanol–water partition coefficient (Wildman–Crippen LogP) is 2.21. The first-order valence-electron chi connectivity index (χ1n) is 6.77. The zero-order chi connectivity index (χ0) is 12.3. The Morgan fingerprint density at radius 3 is 2.59 bits per heavy atom. The van der Waals surface area contributed by atoms with Gasteiger partial charge in [0.1, 0.15) is 0 Å². The molecule has 1 aromatic heterocycles. The molecule has 96 valence electrons. The van der Waals surface area contributed by atoms with Gasteiger partial charge in [0, 0.05) is 50.7 Å². The molecule has 3 nitrogen and oxygen atoms in total. The number of hydrogen-bond donors (Lipinski definition) is 0. The minimum Gasteiger partial charge on any atom is -0.347 e. The average molecular weight is 235 g/mol. The molecule has 0 aromatic carbocycles. The van der Waals surface area contributed by atoms with Gasteiger partial charge in [0.15, 0.2) is 0 Å². The van der Waals surface area contributed by atoms with Crippen molar-refractivity contribution < 1.29 is 0 Å². The third-order valence-corrected chi connectivity index (χ3v) is 3.91. The second-order valence-electron chi connectivity index (χ2n) is 5.24. The fourth-order valence-electron chi connectivity index (χ4n) is 2.42. The fourth-order valence-corrected chi connectivity index (χ4v) is 2.42. The van der Waals surface area contributed by atoms with Crippen LogP contribution in [0.15, 0.2) is 18.3 Å². The second-order valence-corrected chi connectivity index (χ2v) is 5.24. The van der Waals surface area contributed by atoms with Gasteiger partial charge in [-0.15, -0.1) is 0 Å². The van der Waals surface area contributed by atoms with E-state index in [0.29, 0.717) is 6.04 Å². The molecule has 0 amide bonds. The van der Waals surface area contributed by atoms with E-state index in [9.17, 15) is 0 Å². The standard InChI is InChI=1S/C14H25N3/c1-4-13(2)17-7-5-6-14(17)12-16-10-8-15(3)9-11-16/h5-7,13H,4,8-12H2,1-3H3. The Morgan fingerprint density at radius 1 is 1.24 bits per heavy atom. The van der Waals surface area contributed by atoms with Crippen LogP contribution in [0.1, 0.15) is 32.0 Å². The van der Waals surface area contributed by atoms with Gasteiger partial charge in [-0.2, -0.15) is 0 Å². The van der Waals surface area contributed by atoms with Gasteiger partial charge in [0.2, 0.25) is 0 Å². The van der Waals surface area contributed by atoms with Crippen molar-refractivity contribution in [2.45, 2.75) is 32.9 Å². The Morgan fingerprint density at radius 2 is 1.94 bits per heavy atom. The van der Waals surface area contributed by atoms with Crippen LogP contribution < -0.4 is 0 Å². The van der Waals surface area contributed by atoms with Gasteiger partial charge in [-0.3, -0.25) is 4.90 Å². The van der Waals surface area contributed by atoms with Crippen LogP contribution in [0.25, 0.3) is 0 Å². The van der Waals surface area contributed by atoms with Gasteiger partial charge in [-0.25, -0.2) is 0 Å². The van der Waals surface area contributed by atoms with E-state index in [2.05, 4.69) is 53.6 Å². The molecule has 1 fully saturated rings. The highest BCUT2D eigenvalue weighted by molar-refractivity contribution is 5.08. The highest BCUT2D eigenvalue weighted by atomic mass is 15.2. The second kappa shape index (κ2) is 5.69. The van der Waals surface area contributed by atoms with Crippen LogP contribution in [-0.4, -0.2) is 47.6 Å². The Labute approximate surface area is 105 Å². The molecule has 0 saturated carbocycles. The summed E-state index contributed by atoms with van der Waals surface area (Å²) in [5.74, 6) is 0. The summed E-state index contributed by atoms with van der Waals surface area (Å²) in [7, 11) is 2.21. The molecule has 1 aromatic rings. The molecule has 1 atom stereocenters. The molecule has 17 heavy (non-hydrogen) atoms. The summed E-state index contributed by atoms with van der Waals surface area (Å²) in [5.41, 5.74) is 1.46. The molecule has 1 unspecified atom stereocenters. The third kappa shape index (κ3) is 3.11. The van der Waals surface area contributed by atoms with Crippen molar-refractivity contribution in [2.75, 3.05) is 33.2 Å². The Kier molecular flexibility index (Phi) is 4.24.